The zero-order chi connectivity index (χ0) is 21.6. The van der Waals surface area contributed by atoms with E-state index in [4.69, 9.17) is 18.6 Å². The molecule has 1 N–H and O–H groups in total. The molecular formula is C23H25N3O5. The molecule has 0 spiro atoms. The minimum absolute atomic E-state index is 0.0503. The van der Waals surface area contributed by atoms with E-state index >= 15 is 0 Å². The number of ether oxygens (including phenoxy) is 3. The van der Waals surface area contributed by atoms with Gasteiger partial charge in [-0.2, -0.15) is 0 Å². The third-order valence-electron chi connectivity index (χ3n) is 4.87. The number of nitrogens with zero attached hydrogens (tertiary/aromatic N) is 2. The van der Waals surface area contributed by atoms with Gasteiger partial charge < -0.3 is 23.9 Å². The van der Waals surface area contributed by atoms with Gasteiger partial charge in [-0.15, -0.1) is 5.10 Å². The van der Waals surface area contributed by atoms with Crippen LogP contribution in [0, 0.1) is 5.92 Å². The Morgan fingerprint density at radius 3 is 2.61 bits per heavy atom. The van der Waals surface area contributed by atoms with E-state index in [-0.39, 0.29) is 30.6 Å². The Labute approximate surface area is 180 Å². The molecule has 3 aromatic rings. The number of nitrogens with one attached hydrogen (secondary N) is 1. The number of carbonyl (C=O) groups excluding carboxylic acids is 1. The van der Waals surface area contributed by atoms with E-state index in [0.717, 1.165) is 23.3 Å². The third kappa shape index (κ3) is 5.14. The molecule has 0 bridgehead atoms. The van der Waals surface area contributed by atoms with Gasteiger partial charge in [0.1, 0.15) is 0 Å². The second kappa shape index (κ2) is 9.51. The highest BCUT2D eigenvalue weighted by molar-refractivity contribution is 5.78. The maximum atomic E-state index is 12.5. The molecular weight excluding hydrogens is 398 g/mol. The van der Waals surface area contributed by atoms with Gasteiger partial charge in [-0.05, 0) is 35.7 Å². The van der Waals surface area contributed by atoms with Crippen LogP contribution in [0.1, 0.15) is 31.9 Å². The highest BCUT2D eigenvalue weighted by Gasteiger charge is 2.22. The summed E-state index contributed by atoms with van der Waals surface area (Å²) in [6, 6.07) is 14.9. The van der Waals surface area contributed by atoms with Crippen LogP contribution in [0.2, 0.25) is 0 Å². The topological polar surface area (TPSA) is 95.7 Å². The summed E-state index contributed by atoms with van der Waals surface area (Å²) in [6.07, 6.45) is 0.790. The predicted molar refractivity (Wildman–Crippen MR) is 113 cm³/mol. The Kier molecular flexibility index (Phi) is 6.35. The predicted octanol–water partition coefficient (Wildman–Crippen LogP) is 3.79. The lowest BCUT2D eigenvalue weighted by molar-refractivity contribution is -0.124. The fourth-order valence-electron chi connectivity index (χ4n) is 3.32. The molecule has 31 heavy (non-hydrogen) atoms. The van der Waals surface area contributed by atoms with Gasteiger partial charge in [-0.3, -0.25) is 4.79 Å². The SMILES string of the molecule is CC(C)C(NC(=O)COc1nnc(-c2ccccc2)o1)c1ccc2c(c1)OCCCO2. The average molecular weight is 423 g/mol. The molecule has 8 nitrogen and oxygen atoms in total. The van der Waals surface area contributed by atoms with Crippen LogP contribution >= 0.6 is 0 Å². The first-order chi connectivity index (χ1) is 15.1. The number of hydrogen-bond donors (Lipinski definition) is 1. The van der Waals surface area contributed by atoms with E-state index in [2.05, 4.69) is 15.5 Å². The monoisotopic (exact) mass is 423 g/mol. The summed E-state index contributed by atoms with van der Waals surface area (Å²) in [6.45, 7) is 5.09. The van der Waals surface area contributed by atoms with Crippen LogP contribution in [-0.2, 0) is 4.79 Å². The van der Waals surface area contributed by atoms with Crippen molar-refractivity contribution < 1.29 is 23.4 Å². The highest BCUT2D eigenvalue weighted by Crippen LogP contribution is 2.34. The number of rotatable bonds is 7. The molecule has 1 amide bonds. The number of amides is 1. The molecule has 2 heterocycles. The first-order valence-corrected chi connectivity index (χ1v) is 10.3. The maximum absolute atomic E-state index is 12.5. The Hall–Kier alpha value is -3.55. The summed E-state index contributed by atoms with van der Waals surface area (Å²) >= 11 is 0. The fourth-order valence-corrected chi connectivity index (χ4v) is 3.32. The van der Waals surface area contributed by atoms with Gasteiger partial charge in [-0.1, -0.05) is 43.2 Å². The third-order valence-corrected chi connectivity index (χ3v) is 4.87. The quantitative estimate of drug-likeness (QED) is 0.618. The number of aromatic nitrogens is 2. The van der Waals surface area contributed by atoms with Crippen molar-refractivity contribution in [1.82, 2.24) is 15.5 Å². The molecule has 0 saturated heterocycles. The van der Waals surface area contributed by atoms with Gasteiger partial charge in [0, 0.05) is 12.0 Å². The van der Waals surface area contributed by atoms with Crippen molar-refractivity contribution in [2.75, 3.05) is 19.8 Å². The number of hydrogen-bond acceptors (Lipinski definition) is 7. The number of fused-ring (bicyclic) bond motifs is 1. The molecule has 0 radical (unpaired) electrons. The maximum Gasteiger partial charge on any atom is 0.415 e. The summed E-state index contributed by atoms with van der Waals surface area (Å²) in [4.78, 5) is 12.5. The van der Waals surface area contributed by atoms with E-state index in [0.29, 0.717) is 24.9 Å². The van der Waals surface area contributed by atoms with Crippen LogP contribution < -0.4 is 19.5 Å². The van der Waals surface area contributed by atoms with E-state index in [1.165, 1.54) is 0 Å². The van der Waals surface area contributed by atoms with Crippen molar-refractivity contribution in [2.24, 2.45) is 5.92 Å². The van der Waals surface area contributed by atoms with E-state index in [1.807, 2.05) is 62.4 Å². The molecule has 0 aliphatic carbocycles. The molecule has 1 unspecified atom stereocenters. The molecule has 1 aliphatic rings. The molecule has 0 fully saturated rings. The lowest BCUT2D eigenvalue weighted by Gasteiger charge is -2.23. The fraction of sp³-hybridized carbons (Fsp3) is 0.348. The van der Waals surface area contributed by atoms with E-state index < -0.39 is 0 Å². The Bertz CT molecular complexity index is 1020. The average Bonchev–Trinajstić information content (AvgIpc) is 3.14. The number of carbonyl (C=O) groups is 1. The molecule has 0 saturated carbocycles. The Morgan fingerprint density at radius 1 is 1.06 bits per heavy atom. The second-order valence-corrected chi connectivity index (χ2v) is 7.57. The van der Waals surface area contributed by atoms with Gasteiger partial charge in [0.25, 0.3) is 11.8 Å². The van der Waals surface area contributed by atoms with Gasteiger partial charge in [-0.25, -0.2) is 0 Å². The molecule has 8 heteroatoms. The molecule has 1 aliphatic heterocycles. The normalized spacial score (nSPS) is 14.0. The van der Waals surface area contributed by atoms with Crippen molar-refractivity contribution >= 4 is 5.91 Å². The largest absolute Gasteiger partial charge is 0.490 e. The summed E-state index contributed by atoms with van der Waals surface area (Å²) in [7, 11) is 0. The lowest BCUT2D eigenvalue weighted by Crippen LogP contribution is -2.35. The Balaban J connectivity index is 1.38. The van der Waals surface area contributed by atoms with Crippen LogP contribution in [0.15, 0.2) is 52.9 Å². The highest BCUT2D eigenvalue weighted by atomic mass is 16.6. The van der Waals surface area contributed by atoms with Crippen LogP contribution in [0.5, 0.6) is 17.6 Å². The summed E-state index contributed by atoms with van der Waals surface area (Å²) in [5.74, 6) is 1.63. The zero-order valence-corrected chi connectivity index (χ0v) is 17.5. The second-order valence-electron chi connectivity index (χ2n) is 7.57. The van der Waals surface area contributed by atoms with Crippen molar-refractivity contribution in [3.8, 4) is 29.0 Å². The standard InChI is InChI=1S/C23H25N3O5/c1-15(2)21(17-9-10-18-19(13-17)29-12-6-11-28-18)24-20(27)14-30-23-26-25-22(31-23)16-7-4-3-5-8-16/h3-5,7-10,13,15,21H,6,11-12,14H2,1-2H3,(H,24,27). The Morgan fingerprint density at radius 2 is 1.84 bits per heavy atom. The summed E-state index contributed by atoms with van der Waals surface area (Å²) in [5, 5.41) is 10.8. The van der Waals surface area contributed by atoms with Gasteiger partial charge in [0.05, 0.1) is 19.3 Å². The first-order valence-electron chi connectivity index (χ1n) is 10.3. The van der Waals surface area contributed by atoms with Gasteiger partial charge >= 0.3 is 6.08 Å². The molecule has 1 atom stereocenters. The van der Waals surface area contributed by atoms with Crippen molar-refractivity contribution in [3.63, 3.8) is 0 Å². The summed E-state index contributed by atoms with van der Waals surface area (Å²) in [5.41, 5.74) is 1.72. The number of benzene rings is 2. The van der Waals surface area contributed by atoms with Crippen LogP contribution in [0.3, 0.4) is 0 Å². The lowest BCUT2D eigenvalue weighted by atomic mass is 9.95. The van der Waals surface area contributed by atoms with Crippen LogP contribution in [-0.4, -0.2) is 35.9 Å². The minimum atomic E-state index is -0.287. The van der Waals surface area contributed by atoms with Crippen molar-refractivity contribution in [1.29, 1.82) is 0 Å². The van der Waals surface area contributed by atoms with Crippen LogP contribution in [0.25, 0.3) is 11.5 Å². The van der Waals surface area contributed by atoms with Gasteiger partial charge in [0.15, 0.2) is 18.1 Å². The van der Waals surface area contributed by atoms with E-state index in [1.54, 1.807) is 0 Å². The first kappa shape index (κ1) is 20.7. The van der Waals surface area contributed by atoms with E-state index in [9.17, 15) is 4.79 Å². The molecule has 1 aromatic heterocycles. The van der Waals surface area contributed by atoms with Crippen LogP contribution in [0.4, 0.5) is 0 Å². The summed E-state index contributed by atoms with van der Waals surface area (Å²) < 4.78 is 22.3. The molecule has 4 rings (SSSR count). The zero-order valence-electron chi connectivity index (χ0n) is 17.5. The smallest absolute Gasteiger partial charge is 0.415 e. The van der Waals surface area contributed by atoms with Crippen molar-refractivity contribution in [3.05, 3.63) is 54.1 Å². The van der Waals surface area contributed by atoms with Gasteiger partial charge in [0.2, 0.25) is 0 Å². The molecule has 162 valence electrons. The van der Waals surface area contributed by atoms with Crippen molar-refractivity contribution in [2.45, 2.75) is 26.3 Å². The molecule has 2 aromatic carbocycles. The minimum Gasteiger partial charge on any atom is -0.490 e.